The summed E-state index contributed by atoms with van der Waals surface area (Å²) in [5.41, 5.74) is 0. The second kappa shape index (κ2) is 73.0. The Morgan fingerprint density at radius 3 is 0.687 bits per heavy atom. The van der Waals surface area contributed by atoms with Crippen LogP contribution >= 0.6 is 15.6 Å². The number of aliphatic hydroxyl groups excluding tert-OH is 1. The molecule has 17 nitrogen and oxygen atoms in total. The first-order chi connectivity index (χ1) is 48.0. The molecule has 0 rings (SSSR count). The van der Waals surface area contributed by atoms with Crippen LogP contribution in [0.2, 0.25) is 0 Å². The van der Waals surface area contributed by atoms with Crippen LogP contribution in [0, 0.1) is 5.92 Å². The van der Waals surface area contributed by atoms with Crippen molar-refractivity contribution >= 4 is 39.5 Å². The zero-order valence-electron chi connectivity index (χ0n) is 64.6. The van der Waals surface area contributed by atoms with Crippen LogP contribution in [0.4, 0.5) is 0 Å². The highest BCUT2D eigenvalue weighted by molar-refractivity contribution is 7.47. The molecule has 3 N–H and O–H groups in total. The number of phosphoric acid groups is 2. The first kappa shape index (κ1) is 97.1. The lowest BCUT2D eigenvalue weighted by Crippen LogP contribution is -2.30. The number of hydrogen-bond donors (Lipinski definition) is 3. The Hall–Kier alpha value is -1.94. The van der Waals surface area contributed by atoms with Crippen molar-refractivity contribution in [1.82, 2.24) is 0 Å². The Labute approximate surface area is 607 Å². The van der Waals surface area contributed by atoms with Gasteiger partial charge in [-0.05, 0) is 31.6 Å². The van der Waals surface area contributed by atoms with Crippen molar-refractivity contribution in [2.75, 3.05) is 39.6 Å². The van der Waals surface area contributed by atoms with Crippen molar-refractivity contribution in [2.24, 2.45) is 5.92 Å². The second-order valence-electron chi connectivity index (χ2n) is 29.3. The molecule has 0 aromatic carbocycles. The van der Waals surface area contributed by atoms with Gasteiger partial charge in [0.2, 0.25) is 0 Å². The van der Waals surface area contributed by atoms with Crippen molar-refractivity contribution in [3.8, 4) is 0 Å². The number of hydrogen-bond acceptors (Lipinski definition) is 15. The molecule has 0 amide bonds. The van der Waals surface area contributed by atoms with Gasteiger partial charge in [0.1, 0.15) is 19.3 Å². The lowest BCUT2D eigenvalue weighted by atomic mass is 10.0. The van der Waals surface area contributed by atoms with Crippen LogP contribution < -0.4 is 0 Å². The van der Waals surface area contributed by atoms with Gasteiger partial charge in [0.25, 0.3) is 0 Å². The van der Waals surface area contributed by atoms with Crippen molar-refractivity contribution in [3.63, 3.8) is 0 Å². The largest absolute Gasteiger partial charge is 0.472 e. The number of carbonyl (C=O) groups excluding carboxylic acids is 4. The van der Waals surface area contributed by atoms with E-state index in [9.17, 15) is 43.2 Å². The molecule has 2 unspecified atom stereocenters. The molecule has 0 aromatic rings. The van der Waals surface area contributed by atoms with E-state index >= 15 is 0 Å². The number of ether oxygens (including phenoxy) is 4. The lowest BCUT2D eigenvalue weighted by Gasteiger charge is -2.21. The highest BCUT2D eigenvalue weighted by Gasteiger charge is 2.30. The fourth-order valence-corrected chi connectivity index (χ4v) is 14.0. The predicted octanol–water partition coefficient (Wildman–Crippen LogP) is 24.0. The quantitative estimate of drug-likeness (QED) is 0.0222. The van der Waals surface area contributed by atoms with Crippen LogP contribution in [0.25, 0.3) is 0 Å². The number of carbonyl (C=O) groups is 4. The Morgan fingerprint density at radius 2 is 0.465 bits per heavy atom. The summed E-state index contributed by atoms with van der Waals surface area (Å²) in [6.45, 7) is 7.31. The summed E-state index contributed by atoms with van der Waals surface area (Å²) in [5, 5.41) is 10.6. The smallest absolute Gasteiger partial charge is 0.462 e. The van der Waals surface area contributed by atoms with E-state index in [1.807, 2.05) is 0 Å². The van der Waals surface area contributed by atoms with E-state index in [-0.39, 0.29) is 25.7 Å². The fraction of sp³-hybridized carbons (Fsp3) is 0.950. The molecule has 0 aliphatic carbocycles. The third-order valence-corrected chi connectivity index (χ3v) is 20.7. The summed E-state index contributed by atoms with van der Waals surface area (Å²) in [5.74, 6) is -1.35. The molecule has 19 heteroatoms. The van der Waals surface area contributed by atoms with Gasteiger partial charge < -0.3 is 33.8 Å². The molecule has 5 atom stereocenters. The summed E-state index contributed by atoms with van der Waals surface area (Å²) in [6, 6.07) is 0. The van der Waals surface area contributed by atoms with E-state index in [4.69, 9.17) is 37.0 Å². The Balaban J connectivity index is 5.20. The van der Waals surface area contributed by atoms with Crippen LogP contribution in [0.15, 0.2) is 0 Å². The SMILES string of the molecule is CCCCCCCCCCCCCCCCCCCCCCCCC(=O)O[C@H](COC(=O)CCCCCCCCCCCCC(C)C)COP(=O)(O)OC[C@@H](O)COP(=O)(O)OC[C@@H](COC(=O)CCCCCCCCCCCCCC)OC(=O)CCCCCCCCCCCCCC. The van der Waals surface area contributed by atoms with Gasteiger partial charge in [-0.3, -0.25) is 37.3 Å². The van der Waals surface area contributed by atoms with Gasteiger partial charge in [0.05, 0.1) is 26.4 Å². The molecule has 588 valence electrons. The molecule has 0 saturated carbocycles. The second-order valence-corrected chi connectivity index (χ2v) is 32.2. The highest BCUT2D eigenvalue weighted by Crippen LogP contribution is 2.45. The Morgan fingerprint density at radius 1 is 0.273 bits per heavy atom. The van der Waals surface area contributed by atoms with Gasteiger partial charge in [0.15, 0.2) is 12.2 Å². The van der Waals surface area contributed by atoms with Crippen LogP contribution in [-0.2, 0) is 65.4 Å². The number of unbranched alkanes of at least 4 members (excludes halogenated alkanes) is 52. The van der Waals surface area contributed by atoms with Gasteiger partial charge in [0, 0.05) is 25.7 Å². The summed E-state index contributed by atoms with van der Waals surface area (Å²) in [4.78, 5) is 72.9. The topological polar surface area (TPSA) is 237 Å². The van der Waals surface area contributed by atoms with Crippen molar-refractivity contribution in [1.29, 1.82) is 0 Å². The average Bonchev–Trinajstić information content (AvgIpc) is 1.07. The van der Waals surface area contributed by atoms with E-state index in [1.165, 1.54) is 250 Å². The first-order valence-electron chi connectivity index (χ1n) is 41.6. The molecule has 0 radical (unpaired) electrons. The molecule has 0 spiro atoms. The van der Waals surface area contributed by atoms with Crippen molar-refractivity contribution in [3.05, 3.63) is 0 Å². The van der Waals surface area contributed by atoms with Crippen molar-refractivity contribution < 1.29 is 80.2 Å². The normalized spacial score (nSPS) is 13.9. The summed E-state index contributed by atoms with van der Waals surface area (Å²) in [6.07, 6.45) is 63.8. The molecular formula is C80H156O17P2. The van der Waals surface area contributed by atoms with E-state index in [2.05, 4.69) is 34.6 Å². The van der Waals surface area contributed by atoms with Crippen molar-refractivity contribution in [2.45, 2.75) is 445 Å². The molecule has 0 fully saturated rings. The lowest BCUT2D eigenvalue weighted by molar-refractivity contribution is -0.161. The average molecular weight is 1450 g/mol. The minimum atomic E-state index is -4.96. The van der Waals surface area contributed by atoms with Crippen LogP contribution in [0.5, 0.6) is 0 Å². The standard InChI is InChI=1S/C80H156O17P2/c1-6-9-12-15-18-21-24-27-28-29-30-31-32-33-34-35-36-39-46-51-56-61-66-80(85)97-76(70-91-78(83)64-59-54-49-44-41-40-42-47-52-57-62-73(4)5)72-95-99(88,89)93-68-74(81)67-92-98(86,87)94-71-75(96-79(84)65-60-55-50-45-38-26-23-20-17-14-11-8-3)69-90-77(82)63-58-53-48-43-37-25-22-19-16-13-10-7-2/h73-76,81H,6-72H2,1-5H3,(H,86,87)(H,88,89)/t74-,75+,76+/m0/s1. The number of esters is 4. The number of phosphoric ester groups is 2. The van der Waals surface area contributed by atoms with Gasteiger partial charge in [-0.15, -0.1) is 0 Å². The zero-order chi connectivity index (χ0) is 72.7. The minimum absolute atomic E-state index is 0.108. The molecular weight excluding hydrogens is 1290 g/mol. The Kier molecular flexibility index (Phi) is 71.6. The third-order valence-electron chi connectivity index (χ3n) is 18.8. The van der Waals surface area contributed by atoms with Gasteiger partial charge in [-0.2, -0.15) is 0 Å². The van der Waals surface area contributed by atoms with Crippen LogP contribution in [0.1, 0.15) is 426 Å². The monoisotopic (exact) mass is 1450 g/mol. The first-order valence-corrected chi connectivity index (χ1v) is 44.6. The summed E-state index contributed by atoms with van der Waals surface area (Å²) >= 11 is 0. The van der Waals surface area contributed by atoms with Crippen LogP contribution in [0.3, 0.4) is 0 Å². The molecule has 0 bridgehead atoms. The highest BCUT2D eigenvalue weighted by atomic mass is 31.2. The Bertz CT molecular complexity index is 1890. The zero-order valence-corrected chi connectivity index (χ0v) is 66.4. The van der Waals surface area contributed by atoms with Gasteiger partial charge in [-0.1, -0.05) is 375 Å². The summed E-state index contributed by atoms with van der Waals surface area (Å²) < 4.78 is 68.7. The van der Waals surface area contributed by atoms with E-state index in [0.717, 1.165) is 95.8 Å². The molecule has 0 aliphatic heterocycles. The number of aliphatic hydroxyl groups is 1. The molecule has 0 heterocycles. The summed E-state index contributed by atoms with van der Waals surface area (Å²) in [7, 11) is -9.91. The maximum atomic E-state index is 13.1. The van der Waals surface area contributed by atoms with Crippen LogP contribution in [-0.4, -0.2) is 96.7 Å². The van der Waals surface area contributed by atoms with E-state index in [0.29, 0.717) is 25.7 Å². The minimum Gasteiger partial charge on any atom is -0.462 e. The third kappa shape index (κ3) is 74.1. The van der Waals surface area contributed by atoms with Gasteiger partial charge in [-0.25, -0.2) is 9.13 Å². The molecule has 99 heavy (non-hydrogen) atoms. The van der Waals surface area contributed by atoms with Gasteiger partial charge >= 0.3 is 39.5 Å². The van der Waals surface area contributed by atoms with E-state index < -0.39 is 97.5 Å². The molecule has 0 saturated heterocycles. The maximum Gasteiger partial charge on any atom is 0.472 e. The molecule has 0 aliphatic rings. The predicted molar refractivity (Wildman–Crippen MR) is 405 cm³/mol. The van der Waals surface area contributed by atoms with E-state index in [1.54, 1.807) is 0 Å². The number of rotatable bonds is 80. The maximum absolute atomic E-state index is 13.1. The fourth-order valence-electron chi connectivity index (χ4n) is 12.4. The molecule has 0 aromatic heterocycles.